The van der Waals surface area contributed by atoms with Crippen LogP contribution >= 0.6 is 0 Å². The van der Waals surface area contributed by atoms with Gasteiger partial charge in [-0.15, -0.1) is 0 Å². The van der Waals surface area contributed by atoms with Crippen LogP contribution in [0.25, 0.3) is 0 Å². The van der Waals surface area contributed by atoms with Crippen molar-refractivity contribution in [2.24, 2.45) is 0 Å². The van der Waals surface area contributed by atoms with E-state index in [1.165, 1.54) is 31.4 Å². The van der Waals surface area contributed by atoms with Crippen molar-refractivity contribution < 1.29 is 0 Å². The first-order valence-electron chi connectivity index (χ1n) is 7.95. The van der Waals surface area contributed by atoms with Gasteiger partial charge in [0.15, 0.2) is 0 Å². The SMILES string of the molecule is CCN(CC1CCCCN1)c1ccc(C(C)(C)C)cn1. The van der Waals surface area contributed by atoms with Gasteiger partial charge in [-0.05, 0) is 43.4 Å². The highest BCUT2D eigenvalue weighted by molar-refractivity contribution is 5.40. The molecule has 0 aromatic carbocycles. The molecule has 2 heterocycles. The number of anilines is 1. The Morgan fingerprint density at radius 3 is 2.60 bits per heavy atom. The summed E-state index contributed by atoms with van der Waals surface area (Å²) in [4.78, 5) is 7.06. The van der Waals surface area contributed by atoms with E-state index in [1.807, 2.05) is 6.20 Å². The van der Waals surface area contributed by atoms with Gasteiger partial charge in [-0.3, -0.25) is 0 Å². The lowest BCUT2D eigenvalue weighted by Gasteiger charge is -2.31. The van der Waals surface area contributed by atoms with Crippen molar-refractivity contribution in [1.29, 1.82) is 0 Å². The van der Waals surface area contributed by atoms with Gasteiger partial charge < -0.3 is 10.2 Å². The van der Waals surface area contributed by atoms with Crippen molar-refractivity contribution in [3.05, 3.63) is 23.9 Å². The molecule has 1 N–H and O–H groups in total. The van der Waals surface area contributed by atoms with Gasteiger partial charge in [0.2, 0.25) is 0 Å². The number of piperidine rings is 1. The van der Waals surface area contributed by atoms with Gasteiger partial charge in [-0.1, -0.05) is 33.3 Å². The number of rotatable bonds is 4. The minimum Gasteiger partial charge on any atom is -0.355 e. The Morgan fingerprint density at radius 2 is 2.10 bits per heavy atom. The van der Waals surface area contributed by atoms with Crippen LogP contribution in [0, 0.1) is 0 Å². The van der Waals surface area contributed by atoms with Crippen LogP contribution in [-0.2, 0) is 5.41 Å². The van der Waals surface area contributed by atoms with Crippen LogP contribution in [0.15, 0.2) is 18.3 Å². The highest BCUT2D eigenvalue weighted by atomic mass is 15.2. The second-order valence-corrected chi connectivity index (χ2v) is 6.84. The Labute approximate surface area is 123 Å². The van der Waals surface area contributed by atoms with Crippen molar-refractivity contribution in [3.8, 4) is 0 Å². The molecule has 112 valence electrons. The molecule has 1 atom stereocenters. The summed E-state index contributed by atoms with van der Waals surface area (Å²) in [6.07, 6.45) is 6.00. The van der Waals surface area contributed by atoms with E-state index in [1.54, 1.807) is 0 Å². The van der Waals surface area contributed by atoms with Gasteiger partial charge in [-0.25, -0.2) is 4.98 Å². The largest absolute Gasteiger partial charge is 0.355 e. The molecule has 1 aromatic heterocycles. The molecule has 1 aliphatic heterocycles. The molecule has 3 heteroatoms. The minimum atomic E-state index is 0.174. The Morgan fingerprint density at radius 1 is 1.30 bits per heavy atom. The fourth-order valence-electron chi connectivity index (χ4n) is 2.75. The second kappa shape index (κ2) is 6.57. The zero-order chi connectivity index (χ0) is 14.6. The highest BCUT2D eigenvalue weighted by Gasteiger charge is 2.18. The maximum absolute atomic E-state index is 4.68. The van der Waals surface area contributed by atoms with E-state index in [0.717, 1.165) is 18.9 Å². The average Bonchev–Trinajstić information content (AvgIpc) is 2.45. The third-order valence-electron chi connectivity index (χ3n) is 4.17. The number of nitrogens with one attached hydrogen (secondary N) is 1. The van der Waals surface area contributed by atoms with E-state index in [-0.39, 0.29) is 5.41 Å². The summed E-state index contributed by atoms with van der Waals surface area (Å²) in [5, 5.41) is 3.62. The smallest absolute Gasteiger partial charge is 0.128 e. The molecule has 0 spiro atoms. The number of hydrogen-bond donors (Lipinski definition) is 1. The Kier molecular flexibility index (Phi) is 5.03. The molecular weight excluding hydrogens is 246 g/mol. The number of pyridine rings is 1. The van der Waals surface area contributed by atoms with Crippen LogP contribution in [0.5, 0.6) is 0 Å². The van der Waals surface area contributed by atoms with Crippen LogP contribution in [0.2, 0.25) is 0 Å². The van der Waals surface area contributed by atoms with E-state index in [0.29, 0.717) is 6.04 Å². The van der Waals surface area contributed by atoms with E-state index in [2.05, 4.69) is 55.0 Å². The van der Waals surface area contributed by atoms with Gasteiger partial charge >= 0.3 is 0 Å². The molecule has 0 amide bonds. The van der Waals surface area contributed by atoms with Crippen molar-refractivity contribution in [2.75, 3.05) is 24.5 Å². The van der Waals surface area contributed by atoms with Gasteiger partial charge in [-0.2, -0.15) is 0 Å². The molecule has 0 aliphatic carbocycles. The lowest BCUT2D eigenvalue weighted by atomic mass is 9.88. The first-order chi connectivity index (χ1) is 9.50. The van der Waals surface area contributed by atoms with Gasteiger partial charge in [0, 0.05) is 25.3 Å². The molecule has 20 heavy (non-hydrogen) atoms. The summed E-state index contributed by atoms with van der Waals surface area (Å²) in [5.74, 6) is 1.10. The van der Waals surface area contributed by atoms with Crippen LogP contribution in [0.1, 0.15) is 52.5 Å². The molecular formula is C17H29N3. The summed E-state index contributed by atoms with van der Waals surface area (Å²) in [5.41, 5.74) is 1.47. The Bertz CT molecular complexity index is 399. The number of likely N-dealkylation sites (N-methyl/N-ethyl adjacent to an activating group) is 1. The maximum atomic E-state index is 4.68. The summed E-state index contributed by atoms with van der Waals surface area (Å²) < 4.78 is 0. The van der Waals surface area contributed by atoms with Crippen molar-refractivity contribution in [1.82, 2.24) is 10.3 Å². The predicted molar refractivity (Wildman–Crippen MR) is 86.5 cm³/mol. The van der Waals surface area contributed by atoms with E-state index in [9.17, 15) is 0 Å². The quantitative estimate of drug-likeness (QED) is 0.913. The summed E-state index contributed by atoms with van der Waals surface area (Å²) in [6, 6.07) is 5.01. The molecule has 2 rings (SSSR count). The number of hydrogen-bond acceptors (Lipinski definition) is 3. The fraction of sp³-hybridized carbons (Fsp3) is 0.706. The van der Waals surface area contributed by atoms with Gasteiger partial charge in [0.1, 0.15) is 5.82 Å². The van der Waals surface area contributed by atoms with Crippen molar-refractivity contribution in [3.63, 3.8) is 0 Å². The fourth-order valence-corrected chi connectivity index (χ4v) is 2.75. The molecule has 1 saturated heterocycles. The lowest BCUT2D eigenvalue weighted by molar-refractivity contribution is 0.399. The Balaban J connectivity index is 2.03. The standard InChI is InChI=1S/C17H29N3/c1-5-20(13-15-8-6-7-11-18-15)16-10-9-14(12-19-16)17(2,3)4/h9-10,12,15,18H,5-8,11,13H2,1-4H3. The zero-order valence-electron chi connectivity index (χ0n) is 13.4. The van der Waals surface area contributed by atoms with Crippen molar-refractivity contribution >= 4 is 5.82 Å². The molecule has 1 fully saturated rings. The summed E-state index contributed by atoms with van der Waals surface area (Å²) in [7, 11) is 0. The number of aromatic nitrogens is 1. The minimum absolute atomic E-state index is 0.174. The summed E-state index contributed by atoms with van der Waals surface area (Å²) >= 11 is 0. The topological polar surface area (TPSA) is 28.2 Å². The molecule has 1 aliphatic rings. The first-order valence-corrected chi connectivity index (χ1v) is 7.95. The molecule has 0 bridgehead atoms. The molecule has 0 saturated carbocycles. The lowest BCUT2D eigenvalue weighted by Crippen LogP contribution is -2.44. The van der Waals surface area contributed by atoms with E-state index in [4.69, 9.17) is 0 Å². The molecule has 0 radical (unpaired) electrons. The normalized spacial score (nSPS) is 19.9. The van der Waals surface area contributed by atoms with Crippen molar-refractivity contribution in [2.45, 2.75) is 58.4 Å². The number of nitrogens with zero attached hydrogens (tertiary/aromatic N) is 2. The summed E-state index contributed by atoms with van der Waals surface area (Å²) in [6.45, 7) is 12.1. The second-order valence-electron chi connectivity index (χ2n) is 6.84. The van der Waals surface area contributed by atoms with Crippen LogP contribution < -0.4 is 10.2 Å². The molecule has 3 nitrogen and oxygen atoms in total. The third-order valence-corrected chi connectivity index (χ3v) is 4.17. The molecule has 1 unspecified atom stereocenters. The predicted octanol–water partition coefficient (Wildman–Crippen LogP) is 3.35. The van der Waals surface area contributed by atoms with Crippen LogP contribution in [0.4, 0.5) is 5.82 Å². The average molecular weight is 275 g/mol. The van der Waals surface area contributed by atoms with Crippen LogP contribution in [0.3, 0.4) is 0 Å². The van der Waals surface area contributed by atoms with Gasteiger partial charge in [0.25, 0.3) is 0 Å². The molecule has 1 aromatic rings. The third kappa shape index (κ3) is 3.95. The maximum Gasteiger partial charge on any atom is 0.128 e. The van der Waals surface area contributed by atoms with Gasteiger partial charge in [0.05, 0.1) is 0 Å². The Hall–Kier alpha value is -1.09. The first kappa shape index (κ1) is 15.3. The monoisotopic (exact) mass is 275 g/mol. The highest BCUT2D eigenvalue weighted by Crippen LogP contribution is 2.23. The van der Waals surface area contributed by atoms with E-state index >= 15 is 0 Å². The van der Waals surface area contributed by atoms with E-state index < -0.39 is 0 Å². The van der Waals surface area contributed by atoms with Crippen LogP contribution in [-0.4, -0.2) is 30.7 Å². The zero-order valence-corrected chi connectivity index (χ0v) is 13.4.